The van der Waals surface area contributed by atoms with Crippen LogP contribution >= 0.6 is 24.2 Å². The molecule has 1 aromatic heterocycles. The Morgan fingerprint density at radius 3 is 3.00 bits per heavy atom. The number of hydrogen-bond acceptors (Lipinski definition) is 5. The SMILES string of the molecule is CNC(=O)Cn1cc(NC(=O)CC2CSCCN2)cn1.Cl. The van der Waals surface area contributed by atoms with Crippen molar-refractivity contribution < 1.29 is 9.59 Å². The standard InChI is InChI=1S/C12H19N5O2S.ClH/c1-13-12(19)7-17-6-10(5-15-17)16-11(18)4-9-8-20-3-2-14-9;/h5-6,9,14H,2-4,7-8H2,1H3,(H,13,19)(H,16,18);1H. The van der Waals surface area contributed by atoms with Gasteiger partial charge < -0.3 is 16.0 Å². The number of hydrogen-bond donors (Lipinski definition) is 3. The number of amides is 2. The average Bonchev–Trinajstić information content (AvgIpc) is 2.86. The van der Waals surface area contributed by atoms with Crippen LogP contribution in [0.15, 0.2) is 12.4 Å². The first-order valence-electron chi connectivity index (χ1n) is 6.51. The summed E-state index contributed by atoms with van der Waals surface area (Å²) >= 11 is 1.86. The highest BCUT2D eigenvalue weighted by atomic mass is 35.5. The molecule has 0 spiro atoms. The Labute approximate surface area is 134 Å². The first-order chi connectivity index (χ1) is 9.67. The Morgan fingerprint density at radius 2 is 2.33 bits per heavy atom. The number of nitrogens with one attached hydrogen (secondary N) is 3. The van der Waals surface area contributed by atoms with Gasteiger partial charge in [-0.2, -0.15) is 16.9 Å². The fourth-order valence-corrected chi connectivity index (χ4v) is 2.88. The van der Waals surface area contributed by atoms with Gasteiger partial charge in [-0.3, -0.25) is 14.3 Å². The molecule has 0 bridgehead atoms. The number of carbonyl (C=O) groups is 2. The van der Waals surface area contributed by atoms with Gasteiger partial charge in [0.2, 0.25) is 11.8 Å². The largest absolute Gasteiger partial charge is 0.358 e. The van der Waals surface area contributed by atoms with Crippen molar-refractivity contribution in [3.63, 3.8) is 0 Å². The van der Waals surface area contributed by atoms with Crippen molar-refractivity contribution in [1.29, 1.82) is 0 Å². The van der Waals surface area contributed by atoms with E-state index in [0.717, 1.165) is 18.1 Å². The maximum absolute atomic E-state index is 11.9. The summed E-state index contributed by atoms with van der Waals surface area (Å²) in [5, 5.41) is 12.7. The van der Waals surface area contributed by atoms with Gasteiger partial charge in [-0.05, 0) is 0 Å². The number of nitrogens with zero attached hydrogens (tertiary/aromatic N) is 2. The lowest BCUT2D eigenvalue weighted by molar-refractivity contribution is -0.121. The molecule has 3 N–H and O–H groups in total. The quantitative estimate of drug-likeness (QED) is 0.710. The number of carbonyl (C=O) groups excluding carboxylic acids is 2. The van der Waals surface area contributed by atoms with Gasteiger partial charge in [0, 0.05) is 43.8 Å². The normalized spacial score (nSPS) is 17.7. The Morgan fingerprint density at radius 1 is 1.52 bits per heavy atom. The molecule has 2 heterocycles. The number of halogens is 1. The highest BCUT2D eigenvalue weighted by Crippen LogP contribution is 2.12. The fourth-order valence-electron chi connectivity index (χ4n) is 1.93. The van der Waals surface area contributed by atoms with E-state index >= 15 is 0 Å². The summed E-state index contributed by atoms with van der Waals surface area (Å²) < 4.78 is 1.49. The molecular weight excluding hydrogens is 314 g/mol. The minimum Gasteiger partial charge on any atom is -0.358 e. The van der Waals surface area contributed by atoms with Crippen molar-refractivity contribution in [2.45, 2.75) is 19.0 Å². The molecule has 1 aromatic rings. The van der Waals surface area contributed by atoms with Crippen LogP contribution < -0.4 is 16.0 Å². The summed E-state index contributed by atoms with van der Waals surface area (Å²) in [7, 11) is 1.57. The van der Waals surface area contributed by atoms with E-state index in [1.807, 2.05) is 11.8 Å². The van der Waals surface area contributed by atoms with Gasteiger partial charge in [-0.25, -0.2) is 0 Å². The summed E-state index contributed by atoms with van der Waals surface area (Å²) in [4.78, 5) is 23.1. The monoisotopic (exact) mass is 333 g/mol. The molecule has 0 radical (unpaired) electrons. The molecule has 1 atom stereocenters. The van der Waals surface area contributed by atoms with Gasteiger partial charge in [0.05, 0.1) is 11.9 Å². The average molecular weight is 334 g/mol. The fraction of sp³-hybridized carbons (Fsp3) is 0.583. The Bertz CT molecular complexity index is 476. The van der Waals surface area contributed by atoms with E-state index in [1.54, 1.807) is 19.4 Å². The Hall–Kier alpha value is -1.25. The molecule has 1 saturated heterocycles. The molecule has 2 rings (SSSR count). The summed E-state index contributed by atoms with van der Waals surface area (Å²) in [6, 6.07) is 0.231. The smallest absolute Gasteiger partial charge is 0.241 e. The van der Waals surface area contributed by atoms with Crippen LogP contribution in [0, 0.1) is 0 Å². The van der Waals surface area contributed by atoms with Gasteiger partial charge in [0.1, 0.15) is 6.54 Å². The molecule has 9 heteroatoms. The molecular formula is C12H20ClN5O2S. The van der Waals surface area contributed by atoms with Gasteiger partial charge in [-0.15, -0.1) is 12.4 Å². The summed E-state index contributed by atoms with van der Waals surface area (Å²) in [5.41, 5.74) is 0.613. The van der Waals surface area contributed by atoms with Gasteiger partial charge in [0.15, 0.2) is 0 Å². The zero-order chi connectivity index (χ0) is 14.4. The second kappa shape index (κ2) is 8.91. The zero-order valence-electron chi connectivity index (χ0n) is 11.8. The Kier molecular flexibility index (Phi) is 7.55. The first-order valence-corrected chi connectivity index (χ1v) is 7.67. The number of anilines is 1. The van der Waals surface area contributed by atoms with Crippen LogP contribution in [0.4, 0.5) is 5.69 Å². The van der Waals surface area contributed by atoms with E-state index in [-0.39, 0.29) is 36.8 Å². The first kappa shape index (κ1) is 17.8. The van der Waals surface area contributed by atoms with Crippen LogP contribution in [0.3, 0.4) is 0 Å². The molecule has 1 aliphatic heterocycles. The van der Waals surface area contributed by atoms with E-state index < -0.39 is 0 Å². The number of aromatic nitrogens is 2. The molecule has 0 aliphatic carbocycles. The third-order valence-electron chi connectivity index (χ3n) is 2.93. The zero-order valence-corrected chi connectivity index (χ0v) is 13.4. The van der Waals surface area contributed by atoms with Crippen LogP contribution in [0.1, 0.15) is 6.42 Å². The molecule has 21 heavy (non-hydrogen) atoms. The molecule has 7 nitrogen and oxygen atoms in total. The molecule has 0 aromatic carbocycles. The predicted molar refractivity (Wildman–Crippen MR) is 85.9 cm³/mol. The third kappa shape index (κ3) is 5.94. The lowest BCUT2D eigenvalue weighted by Crippen LogP contribution is -2.39. The van der Waals surface area contributed by atoms with Gasteiger partial charge in [0.25, 0.3) is 0 Å². The van der Waals surface area contributed by atoms with Gasteiger partial charge in [-0.1, -0.05) is 0 Å². The van der Waals surface area contributed by atoms with Crippen molar-refractivity contribution in [2.75, 3.05) is 30.4 Å². The van der Waals surface area contributed by atoms with E-state index in [1.165, 1.54) is 4.68 Å². The molecule has 118 valence electrons. The van der Waals surface area contributed by atoms with Crippen LogP contribution in [0.2, 0.25) is 0 Å². The van der Waals surface area contributed by atoms with Crippen LogP contribution in [-0.2, 0) is 16.1 Å². The summed E-state index contributed by atoms with van der Waals surface area (Å²) in [5.74, 6) is 1.90. The minimum atomic E-state index is -0.130. The van der Waals surface area contributed by atoms with Crippen molar-refractivity contribution in [3.05, 3.63) is 12.4 Å². The number of thioether (sulfide) groups is 1. The molecule has 0 saturated carbocycles. The minimum absolute atomic E-state index is 0. The number of likely N-dealkylation sites (N-methyl/N-ethyl adjacent to an activating group) is 1. The molecule has 1 aliphatic rings. The summed E-state index contributed by atoms with van der Waals surface area (Å²) in [6.07, 6.45) is 3.65. The highest BCUT2D eigenvalue weighted by molar-refractivity contribution is 7.99. The van der Waals surface area contributed by atoms with E-state index in [9.17, 15) is 9.59 Å². The van der Waals surface area contributed by atoms with Crippen molar-refractivity contribution >= 4 is 41.7 Å². The van der Waals surface area contributed by atoms with Crippen molar-refractivity contribution in [1.82, 2.24) is 20.4 Å². The number of rotatable bonds is 5. The van der Waals surface area contributed by atoms with E-state index in [2.05, 4.69) is 21.0 Å². The maximum Gasteiger partial charge on any atom is 0.241 e. The molecule has 2 amide bonds. The van der Waals surface area contributed by atoms with E-state index in [0.29, 0.717) is 12.1 Å². The van der Waals surface area contributed by atoms with Crippen molar-refractivity contribution in [3.8, 4) is 0 Å². The Balaban J connectivity index is 0.00000220. The van der Waals surface area contributed by atoms with Crippen LogP contribution in [0.5, 0.6) is 0 Å². The second-order valence-corrected chi connectivity index (χ2v) is 5.73. The van der Waals surface area contributed by atoms with Crippen LogP contribution in [0.25, 0.3) is 0 Å². The highest BCUT2D eigenvalue weighted by Gasteiger charge is 2.17. The summed E-state index contributed by atoms with van der Waals surface area (Å²) in [6.45, 7) is 1.10. The second-order valence-electron chi connectivity index (χ2n) is 4.58. The molecule has 1 fully saturated rings. The topological polar surface area (TPSA) is 88.0 Å². The van der Waals surface area contributed by atoms with Gasteiger partial charge >= 0.3 is 0 Å². The van der Waals surface area contributed by atoms with Crippen LogP contribution in [-0.4, -0.2) is 52.7 Å². The van der Waals surface area contributed by atoms with Crippen molar-refractivity contribution in [2.24, 2.45) is 0 Å². The predicted octanol–water partition coefficient (Wildman–Crippen LogP) is 0.0845. The van der Waals surface area contributed by atoms with E-state index in [4.69, 9.17) is 0 Å². The third-order valence-corrected chi connectivity index (χ3v) is 4.06. The lowest BCUT2D eigenvalue weighted by atomic mass is 10.2. The molecule has 1 unspecified atom stereocenters. The lowest BCUT2D eigenvalue weighted by Gasteiger charge is -2.22. The maximum atomic E-state index is 11.9.